The van der Waals surface area contributed by atoms with Gasteiger partial charge in [0.1, 0.15) is 5.69 Å². The van der Waals surface area contributed by atoms with E-state index in [0.717, 1.165) is 16.6 Å². The van der Waals surface area contributed by atoms with Crippen LogP contribution >= 0.6 is 0 Å². The first-order valence-electron chi connectivity index (χ1n) is 8.50. The quantitative estimate of drug-likeness (QED) is 0.444. The molecule has 25 heavy (non-hydrogen) atoms. The fraction of sp³-hybridized carbons (Fsp3) is 0.318. The van der Waals surface area contributed by atoms with Crippen LogP contribution in [0.1, 0.15) is 37.5 Å². The van der Waals surface area contributed by atoms with Crippen molar-refractivity contribution in [1.29, 1.82) is 0 Å². The molecule has 0 N–H and O–H groups in total. The van der Waals surface area contributed by atoms with E-state index in [4.69, 9.17) is 6.57 Å². The molecule has 3 aromatic rings. The Balaban J connectivity index is 2.39. The minimum atomic E-state index is 0.0892. The topological polar surface area (TPSA) is 21.1 Å². The summed E-state index contributed by atoms with van der Waals surface area (Å²) < 4.78 is 2.08. The number of hydrogen-bond acceptors (Lipinski definition) is 1. The molecule has 0 fully saturated rings. The second kappa shape index (κ2) is 5.97. The molecule has 0 aliphatic rings. The second-order valence-corrected chi connectivity index (χ2v) is 7.73. The molecule has 0 amide bonds. The van der Waals surface area contributed by atoms with E-state index in [-0.39, 0.29) is 5.41 Å². The SMILES string of the molecule is [C-]#[N+]c1ccc2c(-c3cc(C(C)(C)C)cc(C)c3C)[n+](C)cnc2c1. The Labute approximate surface area is 149 Å². The molecule has 2 aromatic carbocycles. The zero-order valence-corrected chi connectivity index (χ0v) is 15.8. The zero-order chi connectivity index (χ0) is 18.4. The molecule has 1 aromatic heterocycles. The van der Waals surface area contributed by atoms with E-state index < -0.39 is 0 Å². The lowest BCUT2D eigenvalue weighted by molar-refractivity contribution is -0.662. The fourth-order valence-corrected chi connectivity index (χ4v) is 3.17. The van der Waals surface area contributed by atoms with Crippen LogP contribution in [0.3, 0.4) is 0 Å². The molecule has 0 unspecified atom stereocenters. The third-order valence-corrected chi connectivity index (χ3v) is 4.88. The van der Waals surface area contributed by atoms with Gasteiger partial charge in [0.25, 0.3) is 6.33 Å². The van der Waals surface area contributed by atoms with Crippen LogP contribution in [0, 0.1) is 20.4 Å². The van der Waals surface area contributed by atoms with Crippen molar-refractivity contribution < 1.29 is 4.57 Å². The van der Waals surface area contributed by atoms with Gasteiger partial charge in [0, 0.05) is 5.56 Å². The van der Waals surface area contributed by atoms with Crippen LogP contribution in [0.25, 0.3) is 27.0 Å². The van der Waals surface area contributed by atoms with Gasteiger partial charge in [0.15, 0.2) is 11.2 Å². The molecule has 0 atom stereocenters. The normalized spacial score (nSPS) is 11.6. The van der Waals surface area contributed by atoms with Gasteiger partial charge in [-0.25, -0.2) is 9.41 Å². The van der Waals surface area contributed by atoms with E-state index in [2.05, 4.69) is 61.1 Å². The minimum Gasteiger partial charge on any atom is -0.238 e. The monoisotopic (exact) mass is 330 g/mol. The highest BCUT2D eigenvalue weighted by molar-refractivity contribution is 5.93. The third kappa shape index (κ3) is 3.00. The molecule has 0 saturated carbocycles. The molecule has 126 valence electrons. The summed E-state index contributed by atoms with van der Waals surface area (Å²) in [5, 5.41) is 1.07. The van der Waals surface area contributed by atoms with Gasteiger partial charge in [-0.15, -0.1) is 0 Å². The van der Waals surface area contributed by atoms with Gasteiger partial charge in [-0.2, -0.15) is 0 Å². The first-order valence-corrected chi connectivity index (χ1v) is 8.50. The number of hydrogen-bond donors (Lipinski definition) is 0. The predicted molar refractivity (Wildman–Crippen MR) is 103 cm³/mol. The molecule has 0 saturated heterocycles. The molecule has 3 heteroatoms. The van der Waals surface area contributed by atoms with E-state index in [0.29, 0.717) is 5.69 Å². The maximum Gasteiger partial charge on any atom is 0.287 e. The lowest BCUT2D eigenvalue weighted by atomic mass is 9.83. The Morgan fingerprint density at radius 2 is 1.80 bits per heavy atom. The van der Waals surface area contributed by atoms with Gasteiger partial charge in [-0.05, 0) is 48.1 Å². The van der Waals surface area contributed by atoms with Crippen molar-refractivity contribution in [1.82, 2.24) is 4.98 Å². The number of rotatable bonds is 1. The Bertz CT molecular complexity index is 1020. The molecular weight excluding hydrogens is 306 g/mol. The smallest absolute Gasteiger partial charge is 0.238 e. The first-order chi connectivity index (χ1) is 11.7. The van der Waals surface area contributed by atoms with Crippen molar-refractivity contribution in [2.75, 3.05) is 0 Å². The van der Waals surface area contributed by atoms with Crippen LogP contribution in [0.15, 0.2) is 36.7 Å². The van der Waals surface area contributed by atoms with Crippen molar-refractivity contribution in [3.8, 4) is 11.3 Å². The summed E-state index contributed by atoms with van der Waals surface area (Å²) in [5.74, 6) is 0. The minimum absolute atomic E-state index is 0.0892. The van der Waals surface area contributed by atoms with Crippen LogP contribution in [0.2, 0.25) is 0 Å². The summed E-state index contributed by atoms with van der Waals surface area (Å²) in [7, 11) is 2.03. The second-order valence-electron chi connectivity index (χ2n) is 7.73. The maximum atomic E-state index is 7.23. The van der Waals surface area contributed by atoms with Gasteiger partial charge in [-0.3, -0.25) is 0 Å². The number of aryl methyl sites for hydroxylation is 2. The van der Waals surface area contributed by atoms with Crippen LogP contribution in [0.5, 0.6) is 0 Å². The van der Waals surface area contributed by atoms with E-state index >= 15 is 0 Å². The number of aromatic nitrogens is 2. The zero-order valence-electron chi connectivity index (χ0n) is 15.8. The highest BCUT2D eigenvalue weighted by Crippen LogP contribution is 2.34. The largest absolute Gasteiger partial charge is 0.287 e. The molecule has 0 aliphatic carbocycles. The fourth-order valence-electron chi connectivity index (χ4n) is 3.17. The molecule has 0 spiro atoms. The van der Waals surface area contributed by atoms with Crippen LogP contribution in [-0.4, -0.2) is 4.98 Å². The highest BCUT2D eigenvalue weighted by Gasteiger charge is 2.21. The van der Waals surface area contributed by atoms with Crippen molar-refractivity contribution in [2.45, 2.75) is 40.0 Å². The molecule has 0 bridgehead atoms. The van der Waals surface area contributed by atoms with Crippen molar-refractivity contribution in [2.24, 2.45) is 7.05 Å². The molecule has 1 heterocycles. The number of benzene rings is 2. The summed E-state index contributed by atoms with van der Waals surface area (Å²) >= 11 is 0. The summed E-state index contributed by atoms with van der Waals surface area (Å²) in [6.45, 7) is 18.3. The molecular formula is C22H24N3+. The average Bonchev–Trinajstić information content (AvgIpc) is 2.56. The lowest BCUT2D eigenvalue weighted by Crippen LogP contribution is -2.32. The molecule has 3 nitrogen and oxygen atoms in total. The summed E-state index contributed by atoms with van der Waals surface area (Å²) in [5.41, 5.74) is 7.86. The Hall–Kier alpha value is -2.73. The Kier molecular flexibility index (Phi) is 4.08. The summed E-state index contributed by atoms with van der Waals surface area (Å²) in [6, 6.07) is 10.3. The standard InChI is InChI=1S/C22H24N3/c1-14-10-16(22(3,4)5)11-19(15(14)2)21-18-9-8-17(23-6)12-20(18)24-13-25(21)7/h8-13H,1-5,7H3/q+1. The van der Waals surface area contributed by atoms with E-state index in [1.165, 1.54) is 22.3 Å². The summed E-state index contributed by atoms with van der Waals surface area (Å²) in [6.07, 6.45) is 1.84. The van der Waals surface area contributed by atoms with Gasteiger partial charge in [0.05, 0.1) is 19.0 Å². The molecule has 0 radical (unpaired) electrons. The Morgan fingerprint density at radius 3 is 2.44 bits per heavy atom. The molecule has 0 aliphatic heterocycles. The van der Waals surface area contributed by atoms with E-state index in [9.17, 15) is 0 Å². The lowest BCUT2D eigenvalue weighted by Gasteiger charge is -2.22. The highest BCUT2D eigenvalue weighted by atomic mass is 15.0. The molecule has 3 rings (SSSR count). The third-order valence-electron chi connectivity index (χ3n) is 4.88. The van der Waals surface area contributed by atoms with Gasteiger partial charge < -0.3 is 0 Å². The van der Waals surface area contributed by atoms with Crippen LogP contribution in [-0.2, 0) is 12.5 Å². The van der Waals surface area contributed by atoms with Crippen molar-refractivity contribution in [3.63, 3.8) is 0 Å². The average molecular weight is 330 g/mol. The maximum absolute atomic E-state index is 7.23. The van der Waals surface area contributed by atoms with Gasteiger partial charge >= 0.3 is 0 Å². The van der Waals surface area contributed by atoms with Crippen molar-refractivity contribution in [3.05, 3.63) is 64.8 Å². The van der Waals surface area contributed by atoms with Crippen LogP contribution < -0.4 is 4.57 Å². The van der Waals surface area contributed by atoms with E-state index in [1.807, 2.05) is 31.6 Å². The first kappa shape index (κ1) is 17.1. The van der Waals surface area contributed by atoms with Gasteiger partial charge in [0.2, 0.25) is 0 Å². The summed E-state index contributed by atoms with van der Waals surface area (Å²) in [4.78, 5) is 8.05. The van der Waals surface area contributed by atoms with E-state index in [1.54, 1.807) is 0 Å². The van der Waals surface area contributed by atoms with Gasteiger partial charge in [-0.1, -0.05) is 44.0 Å². The van der Waals surface area contributed by atoms with Crippen molar-refractivity contribution >= 4 is 16.6 Å². The Morgan fingerprint density at radius 1 is 1.08 bits per heavy atom. The number of fused-ring (bicyclic) bond motifs is 1. The predicted octanol–water partition coefficient (Wildman–Crippen LogP) is 5.19. The number of nitrogens with zero attached hydrogens (tertiary/aromatic N) is 3. The van der Waals surface area contributed by atoms with Crippen LogP contribution in [0.4, 0.5) is 5.69 Å².